The fourth-order valence-electron chi connectivity index (χ4n) is 4.64. The molecule has 2 aromatic carbocycles. The molecule has 0 unspecified atom stereocenters. The standard InChI is InChI=1S/C25H30N6O/c26-20-6-8-21(9-7-20)29-25-28-17-19-11-12-27-23-10-5-18(16-22(23)24(19)31(25)32)4-3-15-30-13-1-2-14-30/h5-10,16-17,27,32H,1-4,11-15,26H2. The third-order valence-corrected chi connectivity index (χ3v) is 6.35. The van der Waals surface area contributed by atoms with Gasteiger partial charge in [-0.1, -0.05) is 6.07 Å². The molecule has 3 aromatic rings. The first-order valence-electron chi connectivity index (χ1n) is 11.5. The average Bonchev–Trinajstić information content (AvgIpc) is 3.24. The maximum Gasteiger partial charge on any atom is 0.264 e. The van der Waals surface area contributed by atoms with Crippen molar-refractivity contribution < 1.29 is 5.21 Å². The van der Waals surface area contributed by atoms with Gasteiger partial charge in [0.2, 0.25) is 0 Å². The Kier molecular flexibility index (Phi) is 5.81. The van der Waals surface area contributed by atoms with E-state index in [-0.39, 0.29) is 5.62 Å². The number of nitrogen functional groups attached to an aromatic ring is 1. The van der Waals surface area contributed by atoms with E-state index in [0.717, 1.165) is 59.6 Å². The SMILES string of the molecule is Nc1ccc(N=c2ncc3c(n2O)-c2cc(CCCN4CCCC4)ccc2NCC3)cc1. The van der Waals surface area contributed by atoms with Crippen LogP contribution in [-0.2, 0) is 12.8 Å². The second-order valence-corrected chi connectivity index (χ2v) is 8.66. The van der Waals surface area contributed by atoms with Crippen molar-refractivity contribution >= 4 is 17.1 Å². The van der Waals surface area contributed by atoms with Gasteiger partial charge in [-0.05, 0) is 93.7 Å². The summed E-state index contributed by atoms with van der Waals surface area (Å²) in [6.45, 7) is 4.42. The van der Waals surface area contributed by atoms with Crippen molar-refractivity contribution in [1.29, 1.82) is 0 Å². The summed E-state index contributed by atoms with van der Waals surface area (Å²) in [5.41, 5.74) is 12.5. The van der Waals surface area contributed by atoms with Gasteiger partial charge in [0.15, 0.2) is 0 Å². The minimum Gasteiger partial charge on any atom is -0.425 e. The van der Waals surface area contributed by atoms with Crippen LogP contribution in [0.25, 0.3) is 11.3 Å². The van der Waals surface area contributed by atoms with Gasteiger partial charge in [0.05, 0.1) is 11.4 Å². The summed E-state index contributed by atoms with van der Waals surface area (Å²) < 4.78 is 1.13. The molecule has 1 saturated heterocycles. The first kappa shape index (κ1) is 20.6. The Balaban J connectivity index is 1.48. The molecule has 1 aromatic heterocycles. The van der Waals surface area contributed by atoms with Gasteiger partial charge in [0, 0.05) is 35.2 Å². The van der Waals surface area contributed by atoms with Crippen molar-refractivity contribution in [2.24, 2.45) is 4.99 Å². The fourth-order valence-corrected chi connectivity index (χ4v) is 4.64. The molecule has 0 atom stereocenters. The highest BCUT2D eigenvalue weighted by atomic mass is 16.5. The first-order chi connectivity index (χ1) is 15.7. The molecule has 0 radical (unpaired) electrons. The molecule has 166 valence electrons. The number of nitrogens with one attached hydrogen (secondary N) is 1. The highest BCUT2D eigenvalue weighted by molar-refractivity contribution is 5.79. The highest BCUT2D eigenvalue weighted by Crippen LogP contribution is 2.33. The van der Waals surface area contributed by atoms with Crippen LogP contribution in [-0.4, -0.2) is 46.0 Å². The van der Waals surface area contributed by atoms with Crippen LogP contribution in [0, 0.1) is 0 Å². The van der Waals surface area contributed by atoms with Crippen molar-refractivity contribution in [1.82, 2.24) is 14.6 Å². The molecule has 0 aliphatic carbocycles. The van der Waals surface area contributed by atoms with E-state index < -0.39 is 0 Å². The normalized spacial score (nSPS) is 16.3. The smallest absolute Gasteiger partial charge is 0.264 e. The van der Waals surface area contributed by atoms with E-state index in [1.165, 1.54) is 31.5 Å². The van der Waals surface area contributed by atoms with Crippen molar-refractivity contribution in [3.8, 4) is 11.3 Å². The molecule has 0 saturated carbocycles. The van der Waals surface area contributed by atoms with Crippen LogP contribution >= 0.6 is 0 Å². The second kappa shape index (κ2) is 9.04. The first-order valence-corrected chi connectivity index (χ1v) is 11.5. The molecule has 0 bridgehead atoms. The monoisotopic (exact) mass is 430 g/mol. The Morgan fingerprint density at radius 1 is 1.09 bits per heavy atom. The zero-order valence-electron chi connectivity index (χ0n) is 18.3. The summed E-state index contributed by atoms with van der Waals surface area (Å²) in [5.74, 6) is 0. The molecule has 5 rings (SSSR count). The van der Waals surface area contributed by atoms with Gasteiger partial charge in [-0.25, -0.2) is 9.98 Å². The van der Waals surface area contributed by atoms with E-state index in [0.29, 0.717) is 11.4 Å². The molecule has 32 heavy (non-hydrogen) atoms. The molecule has 3 heterocycles. The lowest BCUT2D eigenvalue weighted by Gasteiger charge is -2.16. The van der Waals surface area contributed by atoms with E-state index >= 15 is 0 Å². The zero-order chi connectivity index (χ0) is 21.9. The van der Waals surface area contributed by atoms with Crippen LogP contribution < -0.4 is 16.7 Å². The van der Waals surface area contributed by atoms with Gasteiger partial charge in [-0.3, -0.25) is 0 Å². The number of anilines is 2. The van der Waals surface area contributed by atoms with Crippen LogP contribution in [0.5, 0.6) is 0 Å². The summed E-state index contributed by atoms with van der Waals surface area (Å²) in [6, 6.07) is 13.7. The summed E-state index contributed by atoms with van der Waals surface area (Å²) in [4.78, 5) is 11.5. The average molecular weight is 431 g/mol. The maximum absolute atomic E-state index is 11.1. The molecule has 0 amide bonds. The summed E-state index contributed by atoms with van der Waals surface area (Å²) in [5, 5.41) is 14.6. The molecular weight excluding hydrogens is 400 g/mol. The van der Waals surface area contributed by atoms with Gasteiger partial charge in [0.25, 0.3) is 5.62 Å². The topological polar surface area (TPSA) is 91.7 Å². The number of fused-ring (bicyclic) bond motifs is 3. The van der Waals surface area contributed by atoms with Crippen molar-refractivity contribution in [2.45, 2.75) is 32.1 Å². The number of aryl methyl sites for hydroxylation is 1. The summed E-state index contributed by atoms with van der Waals surface area (Å²) in [6.07, 6.45) is 7.44. The number of hydrogen-bond donors (Lipinski definition) is 3. The Hall–Kier alpha value is -3.32. The van der Waals surface area contributed by atoms with E-state index in [4.69, 9.17) is 5.73 Å². The Labute approximate surface area is 188 Å². The lowest BCUT2D eigenvalue weighted by molar-refractivity contribution is 0.171. The van der Waals surface area contributed by atoms with Gasteiger partial charge in [0.1, 0.15) is 0 Å². The lowest BCUT2D eigenvalue weighted by Crippen LogP contribution is -2.25. The molecule has 1 fully saturated rings. The molecule has 0 spiro atoms. The Bertz CT molecular complexity index is 1160. The fraction of sp³-hybridized carbons (Fsp3) is 0.360. The highest BCUT2D eigenvalue weighted by Gasteiger charge is 2.20. The molecule has 4 N–H and O–H groups in total. The van der Waals surface area contributed by atoms with Crippen LogP contribution in [0.1, 0.15) is 30.4 Å². The third-order valence-electron chi connectivity index (χ3n) is 6.35. The zero-order valence-corrected chi connectivity index (χ0v) is 18.3. The van der Waals surface area contributed by atoms with Gasteiger partial charge >= 0.3 is 0 Å². The van der Waals surface area contributed by atoms with E-state index in [9.17, 15) is 5.21 Å². The van der Waals surface area contributed by atoms with E-state index in [1.54, 1.807) is 12.1 Å². The van der Waals surface area contributed by atoms with Crippen molar-refractivity contribution in [2.75, 3.05) is 37.2 Å². The van der Waals surface area contributed by atoms with Crippen LogP contribution in [0.4, 0.5) is 17.1 Å². The van der Waals surface area contributed by atoms with Crippen molar-refractivity contribution in [3.63, 3.8) is 0 Å². The molecule has 2 aliphatic rings. The predicted octanol–water partition coefficient (Wildman–Crippen LogP) is 3.60. The van der Waals surface area contributed by atoms with Gasteiger partial charge in [-0.2, -0.15) is 0 Å². The third kappa shape index (κ3) is 4.34. The number of likely N-dealkylation sites (tertiary alicyclic amines) is 1. The molecular formula is C25H30N6O. The van der Waals surface area contributed by atoms with Crippen molar-refractivity contribution in [3.05, 3.63) is 65.4 Å². The molecule has 7 nitrogen and oxygen atoms in total. The van der Waals surface area contributed by atoms with E-state index in [2.05, 4.69) is 38.4 Å². The van der Waals surface area contributed by atoms with Crippen LogP contribution in [0.3, 0.4) is 0 Å². The van der Waals surface area contributed by atoms with Crippen LogP contribution in [0.2, 0.25) is 0 Å². The maximum atomic E-state index is 11.1. The lowest BCUT2D eigenvalue weighted by atomic mass is 10.00. The number of nitrogens with zero attached hydrogens (tertiary/aromatic N) is 4. The largest absolute Gasteiger partial charge is 0.425 e. The Morgan fingerprint density at radius 3 is 2.72 bits per heavy atom. The number of hydrogen-bond acceptors (Lipinski definition) is 6. The minimum atomic E-state index is 0.251. The second-order valence-electron chi connectivity index (χ2n) is 8.66. The summed E-state index contributed by atoms with van der Waals surface area (Å²) in [7, 11) is 0. The molecule has 7 heteroatoms. The number of benzene rings is 2. The van der Waals surface area contributed by atoms with Crippen LogP contribution in [0.15, 0.2) is 53.7 Å². The number of nitrogens with two attached hydrogens (primary N) is 1. The Morgan fingerprint density at radius 2 is 1.91 bits per heavy atom. The van der Waals surface area contributed by atoms with Gasteiger partial charge < -0.3 is 21.2 Å². The number of aromatic nitrogens is 2. The predicted molar refractivity (Wildman–Crippen MR) is 127 cm³/mol. The quantitative estimate of drug-likeness (QED) is 0.425. The number of rotatable bonds is 5. The van der Waals surface area contributed by atoms with Gasteiger partial charge in [-0.15, -0.1) is 4.73 Å². The molecule has 2 aliphatic heterocycles. The van der Waals surface area contributed by atoms with E-state index in [1.807, 2.05) is 18.3 Å². The summed E-state index contributed by atoms with van der Waals surface area (Å²) >= 11 is 0. The minimum absolute atomic E-state index is 0.251.